The van der Waals surface area contributed by atoms with Crippen LogP contribution in [0.4, 0.5) is 10.2 Å². The number of rotatable bonds is 12. The monoisotopic (exact) mass is 706 g/mol. The van der Waals surface area contributed by atoms with Gasteiger partial charge in [0, 0.05) is 17.8 Å². The molecule has 1 N–H and O–H groups in total. The fourth-order valence-corrected chi connectivity index (χ4v) is 5.63. The smallest absolute Gasteiger partial charge is 0.358 e. The molecule has 0 saturated carbocycles. The van der Waals surface area contributed by atoms with Crippen LogP contribution in [0.3, 0.4) is 0 Å². The minimum absolute atomic E-state index is 0.00182. The maximum atomic E-state index is 15.7. The second-order valence-corrected chi connectivity index (χ2v) is 11.7. The molecule has 13 heteroatoms. The summed E-state index contributed by atoms with van der Waals surface area (Å²) < 4.78 is 47.0. The summed E-state index contributed by atoms with van der Waals surface area (Å²) in [5.41, 5.74) is -1.09. The Hall–Kier alpha value is -5.78. The number of hydrogen-bond donors (Lipinski definition) is 1. The maximum Gasteiger partial charge on any atom is 0.358 e. The van der Waals surface area contributed by atoms with Crippen LogP contribution in [-0.2, 0) is 32.2 Å². The highest BCUT2D eigenvalue weighted by molar-refractivity contribution is 7.79. The zero-order chi connectivity index (χ0) is 35.6. The summed E-state index contributed by atoms with van der Waals surface area (Å²) in [6, 6.07) is 37.3. The largest absolute Gasteiger partial charge is 0.445 e. The zero-order valence-corrected chi connectivity index (χ0v) is 27.8. The molecule has 1 aromatic heterocycles. The van der Waals surface area contributed by atoms with Crippen molar-refractivity contribution >= 4 is 29.2 Å². The lowest BCUT2D eigenvalue weighted by Crippen LogP contribution is -2.48. The standard InChI is InChI=1S/C38H31FN4O7S/c39-30-21-43(36(45)42-33(30)41-34(44)28-17-9-3-10-18-28)35-31(49-37(51)48-29-19-11-4-12-20-29)32(47-23-27-15-7-2-8-16-27)38(24-40,50-35)25-46-22-26-13-5-1-6-14-26/h1-21,31-32,35H,22-23,25H2,(H,41,42,44,45)/t31-,32+,35-,38-/m1/s1. The first-order valence-corrected chi connectivity index (χ1v) is 16.2. The van der Waals surface area contributed by atoms with E-state index in [4.69, 9.17) is 35.9 Å². The molecule has 0 spiro atoms. The Morgan fingerprint density at radius 1 is 0.922 bits per heavy atom. The Morgan fingerprint density at radius 2 is 1.51 bits per heavy atom. The molecule has 0 radical (unpaired) electrons. The van der Waals surface area contributed by atoms with Crippen LogP contribution in [0.15, 0.2) is 132 Å². The number of hydrogen-bond acceptors (Lipinski definition) is 10. The molecule has 258 valence electrons. The summed E-state index contributed by atoms with van der Waals surface area (Å²) >= 11 is 5.45. The Kier molecular flexibility index (Phi) is 11.2. The Morgan fingerprint density at radius 3 is 2.14 bits per heavy atom. The number of para-hydroxylation sites is 1. The van der Waals surface area contributed by atoms with E-state index in [0.29, 0.717) is 5.75 Å². The van der Waals surface area contributed by atoms with Gasteiger partial charge < -0.3 is 29.0 Å². The predicted octanol–water partition coefficient (Wildman–Crippen LogP) is 5.98. The van der Waals surface area contributed by atoms with Crippen molar-refractivity contribution in [3.63, 3.8) is 0 Å². The summed E-state index contributed by atoms with van der Waals surface area (Å²) in [4.78, 5) is 30.1. The van der Waals surface area contributed by atoms with Gasteiger partial charge in [-0.1, -0.05) is 97.1 Å². The molecule has 1 aliphatic rings. The van der Waals surface area contributed by atoms with Crippen molar-refractivity contribution < 1.29 is 32.9 Å². The minimum atomic E-state index is -1.91. The van der Waals surface area contributed by atoms with Crippen LogP contribution >= 0.6 is 12.2 Å². The number of carbonyl (C=O) groups is 1. The van der Waals surface area contributed by atoms with Crippen molar-refractivity contribution in [1.29, 1.82) is 5.26 Å². The van der Waals surface area contributed by atoms with E-state index in [0.717, 1.165) is 21.9 Å². The van der Waals surface area contributed by atoms with Gasteiger partial charge in [-0.15, -0.1) is 0 Å². The lowest BCUT2D eigenvalue weighted by Gasteiger charge is -2.29. The van der Waals surface area contributed by atoms with Gasteiger partial charge >= 0.3 is 10.9 Å². The number of anilines is 1. The molecule has 11 nitrogen and oxygen atoms in total. The Bertz CT molecular complexity index is 2050. The molecule has 5 aromatic rings. The van der Waals surface area contributed by atoms with E-state index in [9.17, 15) is 14.9 Å². The number of nitrogens with one attached hydrogen (secondary N) is 1. The van der Waals surface area contributed by atoms with Crippen LogP contribution in [0.1, 0.15) is 27.7 Å². The van der Waals surface area contributed by atoms with Gasteiger partial charge in [0.1, 0.15) is 17.9 Å². The first kappa shape index (κ1) is 35.1. The maximum absolute atomic E-state index is 15.7. The highest BCUT2D eigenvalue weighted by Crippen LogP contribution is 2.41. The van der Waals surface area contributed by atoms with Gasteiger partial charge in [-0.05, 0) is 35.4 Å². The Labute approximate surface area is 297 Å². The van der Waals surface area contributed by atoms with E-state index in [1.54, 1.807) is 48.5 Å². The molecule has 0 aliphatic carbocycles. The molecule has 1 saturated heterocycles. The van der Waals surface area contributed by atoms with Crippen LogP contribution < -0.4 is 15.7 Å². The quantitative estimate of drug-likeness (QED) is 0.155. The van der Waals surface area contributed by atoms with Crippen LogP contribution in [-0.4, -0.2) is 45.1 Å². The lowest BCUT2D eigenvalue weighted by molar-refractivity contribution is -0.125. The number of ether oxygens (including phenoxy) is 5. The first-order valence-electron chi connectivity index (χ1n) is 15.8. The van der Waals surface area contributed by atoms with Gasteiger partial charge in [-0.25, -0.2) is 9.18 Å². The summed E-state index contributed by atoms with van der Waals surface area (Å²) in [5, 5.41) is 12.7. The van der Waals surface area contributed by atoms with Crippen molar-refractivity contribution in [3.05, 3.63) is 161 Å². The summed E-state index contributed by atoms with van der Waals surface area (Å²) in [5.74, 6) is -1.96. The Balaban J connectivity index is 1.36. The molecule has 0 bridgehead atoms. The van der Waals surface area contributed by atoms with E-state index in [1.807, 2.05) is 60.7 Å². The number of carbonyl (C=O) groups excluding carboxylic acids is 1. The average molecular weight is 707 g/mol. The van der Waals surface area contributed by atoms with Crippen LogP contribution in [0.5, 0.6) is 5.75 Å². The van der Waals surface area contributed by atoms with Crippen LogP contribution in [0, 0.1) is 17.1 Å². The highest BCUT2D eigenvalue weighted by atomic mass is 32.1. The molecular weight excluding hydrogens is 676 g/mol. The molecule has 2 heterocycles. The number of amides is 1. The van der Waals surface area contributed by atoms with Crippen molar-refractivity contribution in [2.24, 2.45) is 0 Å². The lowest BCUT2D eigenvalue weighted by atomic mass is 9.97. The molecule has 4 aromatic carbocycles. The third kappa shape index (κ3) is 8.51. The fourth-order valence-electron chi connectivity index (χ4n) is 5.43. The van der Waals surface area contributed by atoms with E-state index < -0.39 is 47.3 Å². The molecule has 51 heavy (non-hydrogen) atoms. The number of halogens is 1. The van der Waals surface area contributed by atoms with Crippen LogP contribution in [0.25, 0.3) is 0 Å². The average Bonchev–Trinajstić information content (AvgIpc) is 3.45. The van der Waals surface area contributed by atoms with Gasteiger partial charge in [-0.3, -0.25) is 9.36 Å². The van der Waals surface area contributed by atoms with Crippen molar-refractivity contribution in [2.45, 2.75) is 37.3 Å². The molecule has 0 unspecified atom stereocenters. The second kappa shape index (κ2) is 16.3. The molecular formula is C38H31FN4O7S. The van der Waals surface area contributed by atoms with E-state index >= 15 is 4.39 Å². The normalized spacial score (nSPS) is 19.5. The molecule has 1 aliphatic heterocycles. The van der Waals surface area contributed by atoms with Crippen molar-refractivity contribution in [2.75, 3.05) is 11.9 Å². The van der Waals surface area contributed by atoms with Gasteiger partial charge in [-0.2, -0.15) is 10.2 Å². The third-order valence-corrected chi connectivity index (χ3v) is 8.07. The van der Waals surface area contributed by atoms with E-state index in [-0.39, 0.29) is 30.6 Å². The molecule has 4 atom stereocenters. The topological polar surface area (TPSA) is 134 Å². The molecule has 1 fully saturated rings. The SMILES string of the molecule is N#C[C@]1(COCc2ccccc2)O[C@@H](n2cc(F)c(NC(=O)c3ccccc3)nc2=O)[C@H](OC(=S)Oc2ccccc2)[C@@H]1OCc1ccccc1. The molecule has 1 amide bonds. The summed E-state index contributed by atoms with van der Waals surface area (Å²) in [7, 11) is 0. The van der Waals surface area contributed by atoms with Crippen LogP contribution in [0.2, 0.25) is 0 Å². The van der Waals surface area contributed by atoms with Gasteiger partial charge in [0.25, 0.3) is 5.91 Å². The second-order valence-electron chi connectivity index (χ2n) is 11.4. The fraction of sp³-hybridized carbons (Fsp3) is 0.184. The number of thiocarbonyl (C=S) groups is 1. The highest BCUT2D eigenvalue weighted by Gasteiger charge is 2.60. The van der Waals surface area contributed by atoms with Gasteiger partial charge in [0.05, 0.1) is 26.0 Å². The predicted molar refractivity (Wildman–Crippen MR) is 187 cm³/mol. The first-order chi connectivity index (χ1) is 24.8. The minimum Gasteiger partial charge on any atom is -0.445 e. The van der Waals surface area contributed by atoms with E-state index in [2.05, 4.69) is 16.4 Å². The summed E-state index contributed by atoms with van der Waals surface area (Å²) in [6.07, 6.45) is -3.36. The van der Waals surface area contributed by atoms with Crippen molar-refractivity contribution in [1.82, 2.24) is 9.55 Å². The number of aromatic nitrogens is 2. The molecule has 6 rings (SSSR count). The number of benzene rings is 4. The number of nitriles is 1. The summed E-state index contributed by atoms with van der Waals surface area (Å²) in [6.45, 7) is -0.213. The van der Waals surface area contributed by atoms with Gasteiger partial charge in [0.2, 0.25) is 5.60 Å². The third-order valence-electron chi connectivity index (χ3n) is 7.89. The zero-order valence-electron chi connectivity index (χ0n) is 27.0. The van der Waals surface area contributed by atoms with Crippen molar-refractivity contribution in [3.8, 4) is 11.8 Å². The van der Waals surface area contributed by atoms with E-state index in [1.165, 1.54) is 12.1 Å². The number of nitrogens with zero attached hydrogens (tertiary/aromatic N) is 3. The van der Waals surface area contributed by atoms with Gasteiger partial charge in [0.15, 0.2) is 24.0 Å².